The Balaban J connectivity index is 2.13. The highest BCUT2D eigenvalue weighted by Crippen LogP contribution is 2.33. The van der Waals surface area contributed by atoms with E-state index in [1.165, 1.54) is 27.4 Å². The summed E-state index contributed by atoms with van der Waals surface area (Å²) >= 11 is 0. The predicted molar refractivity (Wildman–Crippen MR) is 88.5 cm³/mol. The van der Waals surface area contributed by atoms with Gasteiger partial charge in [0, 0.05) is 18.7 Å². The molecule has 0 radical (unpaired) electrons. The van der Waals surface area contributed by atoms with Crippen molar-refractivity contribution in [3.8, 4) is 17.2 Å². The Hall–Kier alpha value is -2.76. The van der Waals surface area contributed by atoms with Gasteiger partial charge in [-0.25, -0.2) is 4.39 Å². The molecule has 128 valence electrons. The van der Waals surface area contributed by atoms with E-state index >= 15 is 0 Å². The molecular formula is C18H20FNO4. The molecule has 5 nitrogen and oxygen atoms in total. The summed E-state index contributed by atoms with van der Waals surface area (Å²) < 4.78 is 29.3. The minimum Gasteiger partial charge on any atom is -0.496 e. The second-order valence-electron chi connectivity index (χ2n) is 5.00. The van der Waals surface area contributed by atoms with Crippen LogP contribution in [0, 0.1) is 5.82 Å². The SMILES string of the molecule is COc1cc(OC)c(C(=O)NCCc2ccccc2F)c(OC)c1. The fraction of sp³-hybridized carbons (Fsp3) is 0.278. The lowest BCUT2D eigenvalue weighted by molar-refractivity contribution is 0.0947. The summed E-state index contributed by atoms with van der Waals surface area (Å²) in [6.07, 6.45) is 0.388. The number of ether oxygens (including phenoxy) is 3. The fourth-order valence-corrected chi connectivity index (χ4v) is 2.33. The van der Waals surface area contributed by atoms with Gasteiger partial charge in [0.2, 0.25) is 0 Å². The van der Waals surface area contributed by atoms with Crippen molar-refractivity contribution in [2.75, 3.05) is 27.9 Å². The molecule has 0 fully saturated rings. The molecule has 2 rings (SSSR count). The molecule has 0 saturated carbocycles. The van der Waals surface area contributed by atoms with E-state index in [4.69, 9.17) is 14.2 Å². The van der Waals surface area contributed by atoms with Crippen LogP contribution in [0.5, 0.6) is 17.2 Å². The molecule has 1 amide bonds. The smallest absolute Gasteiger partial charge is 0.258 e. The first-order valence-corrected chi connectivity index (χ1v) is 7.42. The van der Waals surface area contributed by atoms with E-state index in [0.29, 0.717) is 29.2 Å². The van der Waals surface area contributed by atoms with Crippen molar-refractivity contribution < 1.29 is 23.4 Å². The minimum atomic E-state index is -0.359. The molecule has 0 aliphatic carbocycles. The fourth-order valence-electron chi connectivity index (χ4n) is 2.33. The summed E-state index contributed by atoms with van der Waals surface area (Å²) in [7, 11) is 4.44. The number of halogens is 1. The van der Waals surface area contributed by atoms with E-state index in [-0.39, 0.29) is 23.8 Å². The first-order chi connectivity index (χ1) is 11.6. The number of carbonyl (C=O) groups excluding carboxylic acids is 1. The molecule has 0 bridgehead atoms. The molecule has 2 aromatic carbocycles. The zero-order chi connectivity index (χ0) is 17.5. The van der Waals surface area contributed by atoms with Crippen molar-refractivity contribution in [1.82, 2.24) is 5.32 Å². The van der Waals surface area contributed by atoms with Crippen LogP contribution in [-0.4, -0.2) is 33.8 Å². The molecule has 0 spiro atoms. The molecule has 0 heterocycles. The first-order valence-electron chi connectivity index (χ1n) is 7.42. The van der Waals surface area contributed by atoms with E-state index in [1.54, 1.807) is 30.3 Å². The molecule has 0 unspecified atom stereocenters. The number of carbonyl (C=O) groups is 1. The van der Waals surface area contributed by atoms with Gasteiger partial charge in [-0.2, -0.15) is 0 Å². The predicted octanol–water partition coefficient (Wildman–Crippen LogP) is 2.82. The van der Waals surface area contributed by atoms with Gasteiger partial charge in [0.15, 0.2) is 0 Å². The van der Waals surface area contributed by atoms with Crippen LogP contribution in [0.1, 0.15) is 15.9 Å². The third kappa shape index (κ3) is 3.95. The van der Waals surface area contributed by atoms with Crippen LogP contribution in [0.25, 0.3) is 0 Å². The van der Waals surface area contributed by atoms with Gasteiger partial charge < -0.3 is 19.5 Å². The van der Waals surface area contributed by atoms with E-state index in [9.17, 15) is 9.18 Å². The standard InChI is InChI=1S/C18H20FNO4/c1-22-13-10-15(23-2)17(16(11-13)24-3)18(21)20-9-8-12-6-4-5-7-14(12)19/h4-7,10-11H,8-9H2,1-3H3,(H,20,21). The highest BCUT2D eigenvalue weighted by atomic mass is 19.1. The third-order valence-electron chi connectivity index (χ3n) is 3.58. The Morgan fingerprint density at radius 3 is 2.21 bits per heavy atom. The van der Waals surface area contributed by atoms with Crippen LogP contribution < -0.4 is 19.5 Å². The van der Waals surface area contributed by atoms with E-state index in [2.05, 4.69) is 5.32 Å². The van der Waals surface area contributed by atoms with Gasteiger partial charge in [0.05, 0.1) is 21.3 Å². The summed E-state index contributed by atoms with van der Waals surface area (Å²) in [5.41, 5.74) is 0.820. The van der Waals surface area contributed by atoms with Crippen molar-refractivity contribution >= 4 is 5.91 Å². The van der Waals surface area contributed by atoms with Gasteiger partial charge in [-0.05, 0) is 18.1 Å². The lowest BCUT2D eigenvalue weighted by Gasteiger charge is -2.15. The van der Waals surface area contributed by atoms with Gasteiger partial charge in [-0.15, -0.1) is 0 Å². The zero-order valence-corrected chi connectivity index (χ0v) is 13.9. The second-order valence-corrected chi connectivity index (χ2v) is 5.00. The van der Waals surface area contributed by atoms with Gasteiger partial charge in [-0.3, -0.25) is 4.79 Å². The maximum atomic E-state index is 13.6. The Morgan fingerprint density at radius 1 is 1.04 bits per heavy atom. The lowest BCUT2D eigenvalue weighted by atomic mass is 10.1. The summed E-state index contributed by atoms with van der Waals surface area (Å²) in [6.45, 7) is 0.290. The average molecular weight is 333 g/mol. The topological polar surface area (TPSA) is 56.8 Å². The van der Waals surface area contributed by atoms with E-state index in [0.717, 1.165) is 0 Å². The number of benzene rings is 2. The first kappa shape index (κ1) is 17.6. The van der Waals surface area contributed by atoms with Crippen molar-refractivity contribution in [3.63, 3.8) is 0 Å². The summed E-state index contributed by atoms with van der Waals surface area (Å²) in [6, 6.07) is 9.69. The van der Waals surface area contributed by atoms with Crippen molar-refractivity contribution in [1.29, 1.82) is 0 Å². The molecule has 0 aliphatic heterocycles. The highest BCUT2D eigenvalue weighted by molar-refractivity contribution is 6.00. The van der Waals surface area contributed by atoms with Crippen LogP contribution >= 0.6 is 0 Å². The minimum absolute atomic E-state index is 0.273. The number of methoxy groups -OCH3 is 3. The molecule has 6 heteroatoms. The molecule has 2 aromatic rings. The molecule has 1 N–H and O–H groups in total. The van der Waals surface area contributed by atoms with Crippen molar-refractivity contribution in [2.45, 2.75) is 6.42 Å². The van der Waals surface area contributed by atoms with Gasteiger partial charge >= 0.3 is 0 Å². The zero-order valence-electron chi connectivity index (χ0n) is 13.9. The third-order valence-corrected chi connectivity index (χ3v) is 3.58. The normalized spacial score (nSPS) is 10.2. The molecular weight excluding hydrogens is 313 g/mol. The molecule has 0 aromatic heterocycles. The van der Waals surface area contributed by atoms with Gasteiger partial charge in [0.1, 0.15) is 28.6 Å². The molecule has 0 atom stereocenters. The largest absolute Gasteiger partial charge is 0.496 e. The van der Waals surface area contributed by atoms with Crippen LogP contribution in [0.2, 0.25) is 0 Å². The van der Waals surface area contributed by atoms with Crippen LogP contribution in [-0.2, 0) is 6.42 Å². The van der Waals surface area contributed by atoms with Crippen molar-refractivity contribution in [2.24, 2.45) is 0 Å². The quantitative estimate of drug-likeness (QED) is 0.846. The molecule has 24 heavy (non-hydrogen) atoms. The maximum absolute atomic E-state index is 13.6. The monoisotopic (exact) mass is 333 g/mol. The number of hydrogen-bond acceptors (Lipinski definition) is 4. The second kappa shape index (κ2) is 8.19. The highest BCUT2D eigenvalue weighted by Gasteiger charge is 2.20. The van der Waals surface area contributed by atoms with Gasteiger partial charge in [0.25, 0.3) is 5.91 Å². The van der Waals surface area contributed by atoms with E-state index in [1.807, 2.05) is 0 Å². The van der Waals surface area contributed by atoms with Gasteiger partial charge in [-0.1, -0.05) is 18.2 Å². The summed E-state index contributed by atoms with van der Waals surface area (Å²) in [5.74, 6) is 0.560. The van der Waals surface area contributed by atoms with Crippen molar-refractivity contribution in [3.05, 3.63) is 53.3 Å². The maximum Gasteiger partial charge on any atom is 0.258 e. The van der Waals surface area contributed by atoms with E-state index < -0.39 is 0 Å². The number of amides is 1. The van der Waals surface area contributed by atoms with Crippen LogP contribution in [0.15, 0.2) is 36.4 Å². The van der Waals surface area contributed by atoms with Crippen LogP contribution in [0.4, 0.5) is 4.39 Å². The molecule has 0 saturated heterocycles. The Kier molecular flexibility index (Phi) is 6.01. The summed E-state index contributed by atoms with van der Waals surface area (Å²) in [4.78, 5) is 12.5. The number of hydrogen-bond donors (Lipinski definition) is 1. The summed E-state index contributed by atoms with van der Waals surface area (Å²) in [5, 5.41) is 2.76. The number of rotatable bonds is 7. The van der Waals surface area contributed by atoms with Crippen LogP contribution in [0.3, 0.4) is 0 Å². The molecule has 0 aliphatic rings. The Labute approximate surface area is 140 Å². The lowest BCUT2D eigenvalue weighted by Crippen LogP contribution is -2.26. The average Bonchev–Trinajstić information content (AvgIpc) is 2.61. The number of nitrogens with one attached hydrogen (secondary N) is 1. The Morgan fingerprint density at radius 2 is 1.67 bits per heavy atom. The Bertz CT molecular complexity index is 693.